The summed E-state index contributed by atoms with van der Waals surface area (Å²) < 4.78 is 7.98. The normalized spacial score (nSPS) is 15.3. The first-order chi connectivity index (χ1) is 10.5. The van der Waals surface area contributed by atoms with Gasteiger partial charge < -0.3 is 14.2 Å². The number of ether oxygens (including phenoxy) is 1. The van der Waals surface area contributed by atoms with Gasteiger partial charge in [-0.2, -0.15) is 0 Å². The average molecular weight is 299 g/mol. The van der Waals surface area contributed by atoms with Crippen LogP contribution < -0.4 is 4.74 Å². The van der Waals surface area contributed by atoms with Crippen molar-refractivity contribution in [3.05, 3.63) is 47.5 Å². The molecule has 2 aromatic rings. The van der Waals surface area contributed by atoms with Gasteiger partial charge in [0.15, 0.2) is 6.10 Å². The van der Waals surface area contributed by atoms with E-state index in [2.05, 4.69) is 9.55 Å². The van der Waals surface area contributed by atoms with Gasteiger partial charge >= 0.3 is 0 Å². The largest absolute Gasteiger partial charge is 0.481 e. The highest BCUT2D eigenvalue weighted by molar-refractivity contribution is 5.81. The lowest BCUT2D eigenvalue weighted by Gasteiger charge is -2.30. The minimum Gasteiger partial charge on any atom is -0.481 e. The van der Waals surface area contributed by atoms with Gasteiger partial charge in [0.1, 0.15) is 5.75 Å². The van der Waals surface area contributed by atoms with Gasteiger partial charge in [-0.05, 0) is 38.0 Å². The number of carbonyl (C=O) groups is 1. The molecule has 1 aliphatic rings. The Kier molecular flexibility index (Phi) is 3.88. The molecule has 1 aliphatic heterocycles. The van der Waals surface area contributed by atoms with Crippen molar-refractivity contribution in [2.75, 3.05) is 6.54 Å². The first kappa shape index (κ1) is 14.6. The molecule has 5 heteroatoms. The van der Waals surface area contributed by atoms with Gasteiger partial charge in [-0.3, -0.25) is 4.79 Å². The number of aromatic nitrogens is 2. The van der Waals surface area contributed by atoms with Crippen LogP contribution in [0.15, 0.2) is 30.7 Å². The zero-order chi connectivity index (χ0) is 15.7. The summed E-state index contributed by atoms with van der Waals surface area (Å²) in [6.07, 6.45) is 3.14. The third-order valence-corrected chi connectivity index (χ3v) is 4.07. The van der Waals surface area contributed by atoms with E-state index in [0.717, 1.165) is 29.1 Å². The number of fused-ring (bicyclic) bond motifs is 1. The second-order valence-corrected chi connectivity index (χ2v) is 5.87. The van der Waals surface area contributed by atoms with E-state index in [9.17, 15) is 4.79 Å². The highest BCUT2D eigenvalue weighted by Crippen LogP contribution is 2.21. The number of carbonyl (C=O) groups excluding carboxylic acids is 1. The van der Waals surface area contributed by atoms with Gasteiger partial charge in [-0.15, -0.1) is 0 Å². The maximum absolute atomic E-state index is 12.6. The Hall–Kier alpha value is -2.30. The van der Waals surface area contributed by atoms with Crippen molar-refractivity contribution in [2.45, 2.75) is 40.0 Å². The highest BCUT2D eigenvalue weighted by atomic mass is 16.5. The summed E-state index contributed by atoms with van der Waals surface area (Å²) in [5.41, 5.74) is 3.24. The average Bonchev–Trinajstić information content (AvgIpc) is 2.97. The molecule has 5 nitrogen and oxygen atoms in total. The zero-order valence-electron chi connectivity index (χ0n) is 13.2. The molecule has 1 aromatic heterocycles. The Morgan fingerprint density at radius 3 is 2.95 bits per heavy atom. The van der Waals surface area contributed by atoms with Crippen LogP contribution in [0.3, 0.4) is 0 Å². The van der Waals surface area contributed by atoms with Crippen molar-refractivity contribution in [1.82, 2.24) is 14.5 Å². The van der Waals surface area contributed by atoms with Crippen LogP contribution in [0.1, 0.15) is 23.7 Å². The van der Waals surface area contributed by atoms with E-state index in [4.69, 9.17) is 4.74 Å². The maximum atomic E-state index is 12.6. The van der Waals surface area contributed by atoms with Gasteiger partial charge in [-0.25, -0.2) is 4.98 Å². The lowest BCUT2D eigenvalue weighted by atomic mass is 10.1. The number of imidazole rings is 1. The maximum Gasteiger partial charge on any atom is 0.263 e. The topological polar surface area (TPSA) is 47.4 Å². The Labute approximate surface area is 130 Å². The highest BCUT2D eigenvalue weighted by Gasteiger charge is 2.26. The van der Waals surface area contributed by atoms with E-state index < -0.39 is 6.10 Å². The molecule has 2 heterocycles. The lowest BCUT2D eigenvalue weighted by molar-refractivity contribution is -0.139. The molecule has 0 radical (unpaired) electrons. The van der Waals surface area contributed by atoms with E-state index in [1.165, 1.54) is 0 Å². The first-order valence-electron chi connectivity index (χ1n) is 7.56. The minimum atomic E-state index is -0.491. The SMILES string of the molecule is Cc1ccc(C)c(OC(C)C(=O)N2CCn3cncc3C2)c1. The molecular formula is C17H21N3O2. The van der Waals surface area contributed by atoms with Crippen molar-refractivity contribution >= 4 is 5.91 Å². The van der Waals surface area contributed by atoms with Crippen molar-refractivity contribution in [2.24, 2.45) is 0 Å². The van der Waals surface area contributed by atoms with Crippen molar-refractivity contribution in [3.63, 3.8) is 0 Å². The first-order valence-corrected chi connectivity index (χ1v) is 7.56. The second kappa shape index (κ2) is 5.83. The third kappa shape index (κ3) is 2.84. The molecular weight excluding hydrogens is 278 g/mol. The van der Waals surface area contributed by atoms with Gasteiger partial charge in [-0.1, -0.05) is 12.1 Å². The molecule has 0 spiro atoms. The summed E-state index contributed by atoms with van der Waals surface area (Å²) in [6.45, 7) is 7.91. The Bertz CT molecular complexity index is 693. The number of nitrogens with zero attached hydrogens (tertiary/aromatic N) is 3. The monoisotopic (exact) mass is 299 g/mol. The van der Waals surface area contributed by atoms with E-state index >= 15 is 0 Å². The number of hydrogen-bond donors (Lipinski definition) is 0. The van der Waals surface area contributed by atoms with Crippen LogP contribution in [0.4, 0.5) is 0 Å². The molecule has 0 aliphatic carbocycles. The molecule has 1 unspecified atom stereocenters. The van der Waals surface area contributed by atoms with E-state index in [1.54, 1.807) is 0 Å². The van der Waals surface area contributed by atoms with Crippen molar-refractivity contribution < 1.29 is 9.53 Å². The molecule has 1 aromatic carbocycles. The Morgan fingerprint density at radius 1 is 1.32 bits per heavy atom. The van der Waals surface area contributed by atoms with Crippen molar-refractivity contribution in [3.8, 4) is 5.75 Å². The molecule has 1 atom stereocenters. The third-order valence-electron chi connectivity index (χ3n) is 4.07. The fourth-order valence-corrected chi connectivity index (χ4v) is 2.70. The van der Waals surface area contributed by atoms with Crippen LogP contribution in [0.5, 0.6) is 5.75 Å². The predicted octanol–water partition coefficient (Wildman–Crippen LogP) is 2.31. The van der Waals surface area contributed by atoms with Gasteiger partial charge in [0.25, 0.3) is 5.91 Å². The molecule has 1 amide bonds. The summed E-state index contributed by atoms with van der Waals surface area (Å²) in [6, 6.07) is 6.03. The van der Waals surface area contributed by atoms with Crippen LogP contribution in [-0.2, 0) is 17.9 Å². The predicted molar refractivity (Wildman–Crippen MR) is 83.7 cm³/mol. The molecule has 0 bridgehead atoms. The number of benzene rings is 1. The van der Waals surface area contributed by atoms with Crippen LogP contribution in [0, 0.1) is 13.8 Å². The summed E-state index contributed by atoms with van der Waals surface area (Å²) in [4.78, 5) is 18.6. The summed E-state index contributed by atoms with van der Waals surface area (Å²) in [5, 5.41) is 0. The number of amides is 1. The minimum absolute atomic E-state index is 0.0216. The Balaban J connectivity index is 1.69. The van der Waals surface area contributed by atoms with Gasteiger partial charge in [0, 0.05) is 19.3 Å². The number of aryl methyl sites for hydroxylation is 2. The molecule has 0 saturated carbocycles. The molecule has 0 fully saturated rings. The molecule has 116 valence electrons. The van der Waals surface area contributed by atoms with E-state index in [1.807, 2.05) is 56.4 Å². The second-order valence-electron chi connectivity index (χ2n) is 5.87. The van der Waals surface area contributed by atoms with Crippen LogP contribution in [-0.4, -0.2) is 33.0 Å². The van der Waals surface area contributed by atoms with Crippen LogP contribution >= 0.6 is 0 Å². The zero-order valence-corrected chi connectivity index (χ0v) is 13.2. The fraction of sp³-hybridized carbons (Fsp3) is 0.412. The van der Waals surface area contributed by atoms with E-state index in [-0.39, 0.29) is 5.91 Å². The van der Waals surface area contributed by atoms with Gasteiger partial charge in [0.05, 0.1) is 18.6 Å². The standard InChI is InChI=1S/C17H21N3O2/c1-12-4-5-13(2)16(8-12)22-14(3)17(21)19-6-7-20-11-18-9-15(20)10-19/h4-5,8-9,11,14H,6-7,10H2,1-3H3. The van der Waals surface area contributed by atoms with E-state index in [0.29, 0.717) is 13.1 Å². The molecule has 3 rings (SSSR count). The number of rotatable bonds is 3. The van der Waals surface area contributed by atoms with Gasteiger partial charge in [0.2, 0.25) is 0 Å². The van der Waals surface area contributed by atoms with Crippen molar-refractivity contribution in [1.29, 1.82) is 0 Å². The fourth-order valence-electron chi connectivity index (χ4n) is 2.70. The Morgan fingerprint density at radius 2 is 2.14 bits per heavy atom. The number of hydrogen-bond acceptors (Lipinski definition) is 3. The summed E-state index contributed by atoms with van der Waals surface area (Å²) >= 11 is 0. The van der Waals surface area contributed by atoms with Crippen LogP contribution in [0.2, 0.25) is 0 Å². The summed E-state index contributed by atoms with van der Waals surface area (Å²) in [7, 11) is 0. The molecule has 0 N–H and O–H groups in total. The smallest absolute Gasteiger partial charge is 0.263 e. The summed E-state index contributed by atoms with van der Waals surface area (Å²) in [5.74, 6) is 0.802. The molecule has 22 heavy (non-hydrogen) atoms. The lowest BCUT2D eigenvalue weighted by Crippen LogP contribution is -2.44. The van der Waals surface area contributed by atoms with Crippen LogP contribution in [0.25, 0.3) is 0 Å². The molecule has 0 saturated heterocycles. The quantitative estimate of drug-likeness (QED) is 0.874.